The van der Waals surface area contributed by atoms with Gasteiger partial charge >= 0.3 is 5.97 Å². The first-order valence-electron chi connectivity index (χ1n) is 4.68. The molecule has 0 bridgehead atoms. The van der Waals surface area contributed by atoms with Gasteiger partial charge in [0.25, 0.3) is 0 Å². The van der Waals surface area contributed by atoms with E-state index in [9.17, 15) is 15.0 Å². The van der Waals surface area contributed by atoms with Crippen LogP contribution in [0.5, 0.6) is 0 Å². The molecule has 0 amide bonds. The maximum Gasteiger partial charge on any atom is 0.306 e. The highest BCUT2D eigenvalue weighted by Crippen LogP contribution is 2.18. The molecule has 6 heteroatoms. The molecule has 0 aromatic carbocycles. The van der Waals surface area contributed by atoms with Crippen LogP contribution in [0.2, 0.25) is 0 Å². The topological polar surface area (TPSA) is 111 Å². The first kappa shape index (κ1) is 12.6. The molecule has 6 nitrogen and oxygen atoms in total. The lowest BCUT2D eigenvalue weighted by Gasteiger charge is -2.16. The number of aliphatic hydroxyl groups is 3. The number of nitrogens with zero attached hydrogens (tertiary/aromatic N) is 1. The summed E-state index contributed by atoms with van der Waals surface area (Å²) in [5.41, 5.74) is 0.745. The van der Waals surface area contributed by atoms with E-state index in [4.69, 9.17) is 10.2 Å². The number of aromatic nitrogens is 1. The van der Waals surface area contributed by atoms with Crippen molar-refractivity contribution in [3.05, 3.63) is 29.6 Å². The summed E-state index contributed by atoms with van der Waals surface area (Å²) in [6.45, 7) is -0.214. The Bertz CT molecular complexity index is 351. The fourth-order valence-electron chi connectivity index (χ4n) is 1.22. The molecule has 0 radical (unpaired) electrons. The van der Waals surface area contributed by atoms with Crippen LogP contribution in [0.15, 0.2) is 18.3 Å². The predicted molar refractivity (Wildman–Crippen MR) is 53.4 cm³/mol. The smallest absolute Gasteiger partial charge is 0.306 e. The van der Waals surface area contributed by atoms with Gasteiger partial charge in [0, 0.05) is 11.8 Å². The first-order valence-corrected chi connectivity index (χ1v) is 4.68. The van der Waals surface area contributed by atoms with Crippen molar-refractivity contribution in [1.82, 2.24) is 4.98 Å². The summed E-state index contributed by atoms with van der Waals surface area (Å²) >= 11 is 0. The summed E-state index contributed by atoms with van der Waals surface area (Å²) in [5.74, 6) is -1.19. The number of aliphatic hydroxyl groups excluding tert-OH is 3. The summed E-state index contributed by atoms with van der Waals surface area (Å²) in [5, 5.41) is 36.1. The van der Waals surface area contributed by atoms with Crippen LogP contribution < -0.4 is 0 Å². The van der Waals surface area contributed by atoms with Gasteiger partial charge in [-0.2, -0.15) is 0 Å². The van der Waals surface area contributed by atoms with Crippen LogP contribution in [0.25, 0.3) is 0 Å². The summed E-state index contributed by atoms with van der Waals surface area (Å²) in [7, 11) is 0. The molecule has 0 aliphatic heterocycles. The second-order valence-corrected chi connectivity index (χ2v) is 3.35. The highest BCUT2D eigenvalue weighted by molar-refractivity contribution is 5.67. The molecule has 0 spiro atoms. The minimum absolute atomic E-state index is 0.214. The molecule has 1 aromatic rings. The number of hydrogen-bond acceptors (Lipinski definition) is 5. The summed E-state index contributed by atoms with van der Waals surface area (Å²) < 4.78 is 0. The third kappa shape index (κ3) is 3.27. The van der Waals surface area contributed by atoms with Crippen molar-refractivity contribution in [2.24, 2.45) is 0 Å². The maximum absolute atomic E-state index is 10.3. The molecular weight excluding hydrogens is 214 g/mol. The minimum Gasteiger partial charge on any atom is -0.481 e. The molecule has 2 atom stereocenters. The van der Waals surface area contributed by atoms with Crippen molar-refractivity contribution < 1.29 is 25.2 Å². The lowest BCUT2D eigenvalue weighted by molar-refractivity contribution is -0.141. The molecular formula is C10H13NO5. The van der Waals surface area contributed by atoms with E-state index in [1.54, 1.807) is 0 Å². The quantitative estimate of drug-likeness (QED) is 0.536. The molecule has 0 saturated carbocycles. The van der Waals surface area contributed by atoms with Crippen LogP contribution in [-0.4, -0.2) is 37.5 Å². The van der Waals surface area contributed by atoms with Gasteiger partial charge in [-0.25, -0.2) is 0 Å². The predicted octanol–water partition coefficient (Wildman–Crippen LogP) is -0.557. The van der Waals surface area contributed by atoms with Gasteiger partial charge in [-0.3, -0.25) is 9.78 Å². The Morgan fingerprint density at radius 2 is 2.06 bits per heavy atom. The number of hydrogen-bond donors (Lipinski definition) is 4. The van der Waals surface area contributed by atoms with Crippen molar-refractivity contribution >= 4 is 5.97 Å². The van der Waals surface area contributed by atoms with Crippen LogP contribution >= 0.6 is 0 Å². The number of carbonyl (C=O) groups is 1. The van der Waals surface area contributed by atoms with Crippen LogP contribution in [0.3, 0.4) is 0 Å². The fourth-order valence-corrected chi connectivity index (χ4v) is 1.22. The van der Waals surface area contributed by atoms with E-state index in [2.05, 4.69) is 4.98 Å². The first-order chi connectivity index (χ1) is 7.54. The van der Waals surface area contributed by atoms with E-state index in [0.29, 0.717) is 11.3 Å². The molecule has 0 aliphatic carbocycles. The highest BCUT2D eigenvalue weighted by Gasteiger charge is 2.21. The van der Waals surface area contributed by atoms with Crippen molar-refractivity contribution in [3.8, 4) is 0 Å². The van der Waals surface area contributed by atoms with E-state index in [-0.39, 0.29) is 6.61 Å². The second kappa shape index (κ2) is 5.55. The zero-order chi connectivity index (χ0) is 12.1. The van der Waals surface area contributed by atoms with Gasteiger partial charge in [-0.1, -0.05) is 6.07 Å². The number of carboxylic acid groups (broad SMARTS) is 1. The monoisotopic (exact) mass is 227 g/mol. The van der Waals surface area contributed by atoms with Gasteiger partial charge in [0.15, 0.2) is 0 Å². The zero-order valence-electron chi connectivity index (χ0n) is 8.45. The number of pyridine rings is 1. The highest BCUT2D eigenvalue weighted by atomic mass is 16.4. The molecule has 1 heterocycles. The van der Waals surface area contributed by atoms with Gasteiger partial charge in [0.05, 0.1) is 24.8 Å². The maximum atomic E-state index is 10.3. The van der Waals surface area contributed by atoms with E-state index in [1.165, 1.54) is 18.3 Å². The second-order valence-electron chi connectivity index (χ2n) is 3.35. The molecule has 88 valence electrons. The zero-order valence-corrected chi connectivity index (χ0v) is 8.45. The van der Waals surface area contributed by atoms with E-state index in [0.717, 1.165) is 0 Å². The van der Waals surface area contributed by atoms with Gasteiger partial charge in [0.1, 0.15) is 6.10 Å². The van der Waals surface area contributed by atoms with E-state index >= 15 is 0 Å². The standard InChI is InChI=1S/C10H13NO5/c12-5-7-2-1-6(4-11-7)10(16)8(13)3-9(14)15/h1-2,4,8,10,12-13,16H,3,5H2,(H,14,15). The van der Waals surface area contributed by atoms with Gasteiger partial charge < -0.3 is 20.4 Å². The molecule has 1 rings (SSSR count). The third-order valence-corrected chi connectivity index (χ3v) is 2.10. The normalized spacial score (nSPS) is 14.4. The molecule has 1 aromatic heterocycles. The number of rotatable bonds is 5. The molecule has 0 saturated heterocycles. The lowest BCUT2D eigenvalue weighted by Crippen LogP contribution is -2.21. The number of aliphatic carboxylic acids is 1. The van der Waals surface area contributed by atoms with Gasteiger partial charge in [-0.05, 0) is 6.07 Å². The van der Waals surface area contributed by atoms with Crippen molar-refractivity contribution in [1.29, 1.82) is 0 Å². The summed E-state index contributed by atoms with van der Waals surface area (Å²) in [4.78, 5) is 14.1. The Kier molecular flexibility index (Phi) is 4.36. The van der Waals surface area contributed by atoms with E-state index in [1.807, 2.05) is 0 Å². The van der Waals surface area contributed by atoms with Gasteiger partial charge in [-0.15, -0.1) is 0 Å². The largest absolute Gasteiger partial charge is 0.481 e. The van der Waals surface area contributed by atoms with Crippen molar-refractivity contribution in [2.45, 2.75) is 25.2 Å². The van der Waals surface area contributed by atoms with Crippen LogP contribution in [-0.2, 0) is 11.4 Å². The Morgan fingerprint density at radius 1 is 1.38 bits per heavy atom. The SMILES string of the molecule is O=C(O)CC(O)C(O)c1ccc(CO)nc1. The molecule has 0 aliphatic rings. The molecule has 0 fully saturated rings. The lowest BCUT2D eigenvalue weighted by atomic mass is 10.0. The average molecular weight is 227 g/mol. The van der Waals surface area contributed by atoms with Crippen LogP contribution in [0, 0.1) is 0 Å². The van der Waals surface area contributed by atoms with Crippen LogP contribution in [0.4, 0.5) is 0 Å². The third-order valence-electron chi connectivity index (χ3n) is 2.10. The van der Waals surface area contributed by atoms with Crippen molar-refractivity contribution in [2.75, 3.05) is 0 Å². The van der Waals surface area contributed by atoms with Gasteiger partial charge in [0.2, 0.25) is 0 Å². The molecule has 16 heavy (non-hydrogen) atoms. The Morgan fingerprint density at radius 3 is 2.50 bits per heavy atom. The average Bonchev–Trinajstić information content (AvgIpc) is 2.27. The van der Waals surface area contributed by atoms with E-state index < -0.39 is 24.6 Å². The molecule has 4 N–H and O–H groups in total. The summed E-state index contributed by atoms with van der Waals surface area (Å²) in [6, 6.07) is 2.97. The Hall–Kier alpha value is -1.50. The number of carboxylic acids is 1. The Balaban J connectivity index is 2.71. The fraction of sp³-hybridized carbons (Fsp3) is 0.400. The minimum atomic E-state index is -1.38. The Labute approximate surface area is 91.8 Å². The van der Waals surface area contributed by atoms with Crippen molar-refractivity contribution in [3.63, 3.8) is 0 Å². The van der Waals surface area contributed by atoms with Crippen LogP contribution in [0.1, 0.15) is 23.8 Å². The summed E-state index contributed by atoms with van der Waals surface area (Å²) in [6.07, 6.45) is -1.92. The molecule has 2 unspecified atom stereocenters.